The molecule has 0 atom stereocenters. The van der Waals surface area contributed by atoms with Crippen LogP contribution in [0, 0.1) is 6.92 Å². The van der Waals surface area contributed by atoms with Gasteiger partial charge in [-0.15, -0.1) is 11.3 Å². The molecule has 0 bridgehead atoms. The fourth-order valence-corrected chi connectivity index (χ4v) is 2.45. The molecular formula is C13H20N6OS. The van der Waals surface area contributed by atoms with Crippen molar-refractivity contribution in [2.45, 2.75) is 40.3 Å². The predicted molar refractivity (Wildman–Crippen MR) is 82.2 cm³/mol. The van der Waals surface area contributed by atoms with Crippen molar-refractivity contribution in [1.29, 1.82) is 0 Å². The van der Waals surface area contributed by atoms with E-state index in [1.807, 2.05) is 13.1 Å². The third-order valence-corrected chi connectivity index (χ3v) is 3.79. The molecule has 2 N–H and O–H groups in total. The predicted octanol–water partition coefficient (Wildman–Crippen LogP) is 1.65. The molecule has 7 nitrogen and oxygen atoms in total. The minimum atomic E-state index is 0.380. The van der Waals surface area contributed by atoms with Crippen LogP contribution >= 0.6 is 11.3 Å². The molecule has 0 aliphatic heterocycles. The SMILES string of the molecule is CCNC(=NCc1noc(C)n1)NCc1ncc(CC)s1. The van der Waals surface area contributed by atoms with E-state index in [2.05, 4.69) is 37.7 Å². The van der Waals surface area contributed by atoms with Gasteiger partial charge >= 0.3 is 0 Å². The number of aliphatic imine (C=N–C) groups is 1. The van der Waals surface area contributed by atoms with Gasteiger partial charge in [-0.1, -0.05) is 12.1 Å². The van der Waals surface area contributed by atoms with Crippen molar-refractivity contribution in [3.05, 3.63) is 27.8 Å². The second-order valence-electron chi connectivity index (χ2n) is 4.35. The number of hydrogen-bond donors (Lipinski definition) is 2. The van der Waals surface area contributed by atoms with Crippen LogP contribution in [0.4, 0.5) is 0 Å². The molecule has 0 radical (unpaired) electrons. The molecule has 0 aromatic carbocycles. The second-order valence-corrected chi connectivity index (χ2v) is 5.55. The number of nitrogens with one attached hydrogen (secondary N) is 2. The Morgan fingerprint density at radius 3 is 2.86 bits per heavy atom. The lowest BCUT2D eigenvalue weighted by Gasteiger charge is -2.09. The maximum atomic E-state index is 4.92. The molecular weight excluding hydrogens is 288 g/mol. The molecule has 0 fully saturated rings. The molecule has 2 heterocycles. The van der Waals surface area contributed by atoms with Crippen LogP contribution in [-0.4, -0.2) is 27.6 Å². The van der Waals surface area contributed by atoms with Gasteiger partial charge in [0.2, 0.25) is 5.89 Å². The first-order valence-electron chi connectivity index (χ1n) is 6.96. The zero-order chi connectivity index (χ0) is 15.1. The van der Waals surface area contributed by atoms with Gasteiger partial charge in [0.15, 0.2) is 11.8 Å². The number of hydrogen-bond acceptors (Lipinski definition) is 6. The largest absolute Gasteiger partial charge is 0.357 e. The molecule has 2 rings (SSSR count). The number of guanidine groups is 1. The molecule has 8 heteroatoms. The van der Waals surface area contributed by atoms with E-state index in [1.165, 1.54) is 4.88 Å². The van der Waals surface area contributed by atoms with Crippen molar-refractivity contribution in [1.82, 2.24) is 25.8 Å². The molecule has 0 amide bonds. The lowest BCUT2D eigenvalue weighted by molar-refractivity contribution is 0.387. The summed E-state index contributed by atoms with van der Waals surface area (Å²) >= 11 is 1.71. The van der Waals surface area contributed by atoms with Crippen molar-refractivity contribution in [2.75, 3.05) is 6.54 Å². The van der Waals surface area contributed by atoms with Crippen molar-refractivity contribution in [2.24, 2.45) is 4.99 Å². The van der Waals surface area contributed by atoms with E-state index in [0.717, 1.165) is 18.0 Å². The smallest absolute Gasteiger partial charge is 0.223 e. The lowest BCUT2D eigenvalue weighted by atomic mass is 10.4. The summed E-state index contributed by atoms with van der Waals surface area (Å²) in [6, 6.07) is 0. The minimum absolute atomic E-state index is 0.380. The summed E-state index contributed by atoms with van der Waals surface area (Å²) in [5.41, 5.74) is 0. The van der Waals surface area contributed by atoms with Gasteiger partial charge in [-0.05, 0) is 13.3 Å². The summed E-state index contributed by atoms with van der Waals surface area (Å²) in [5.74, 6) is 1.84. The Labute approximate surface area is 127 Å². The fourth-order valence-electron chi connectivity index (χ4n) is 1.65. The highest BCUT2D eigenvalue weighted by molar-refractivity contribution is 7.11. The first-order chi connectivity index (χ1) is 10.2. The van der Waals surface area contributed by atoms with Crippen LogP contribution in [0.3, 0.4) is 0 Å². The van der Waals surface area contributed by atoms with Gasteiger partial charge in [0.25, 0.3) is 0 Å². The van der Waals surface area contributed by atoms with Crippen molar-refractivity contribution in [3.63, 3.8) is 0 Å². The van der Waals surface area contributed by atoms with Crippen LogP contribution in [0.25, 0.3) is 0 Å². The standard InChI is InChI=1S/C13H20N6OS/c1-4-10-6-15-12(21-10)8-17-13(14-5-2)16-7-11-18-9(3)20-19-11/h6H,4-5,7-8H2,1-3H3,(H2,14,16,17). The summed E-state index contributed by atoms with van der Waals surface area (Å²) in [6.07, 6.45) is 2.94. The molecule has 0 spiro atoms. The Bertz CT molecular complexity index is 591. The van der Waals surface area contributed by atoms with Crippen LogP contribution in [0.15, 0.2) is 15.7 Å². The maximum Gasteiger partial charge on any atom is 0.223 e. The van der Waals surface area contributed by atoms with Crippen molar-refractivity contribution in [3.8, 4) is 0 Å². The summed E-state index contributed by atoms with van der Waals surface area (Å²) in [5, 5.41) is 11.3. The van der Waals surface area contributed by atoms with Crippen LogP contribution in [-0.2, 0) is 19.5 Å². The average molecular weight is 308 g/mol. The summed E-state index contributed by atoms with van der Waals surface area (Å²) in [7, 11) is 0. The monoisotopic (exact) mass is 308 g/mol. The van der Waals surface area contributed by atoms with Gasteiger partial charge in [0.05, 0.1) is 6.54 Å². The van der Waals surface area contributed by atoms with Gasteiger partial charge in [-0.25, -0.2) is 9.98 Å². The fraction of sp³-hybridized carbons (Fsp3) is 0.538. The summed E-state index contributed by atoms with van der Waals surface area (Å²) in [4.78, 5) is 14.2. The first-order valence-corrected chi connectivity index (χ1v) is 7.77. The Balaban J connectivity index is 1.91. The quantitative estimate of drug-likeness (QED) is 0.623. The minimum Gasteiger partial charge on any atom is -0.357 e. The van der Waals surface area contributed by atoms with E-state index in [9.17, 15) is 0 Å². The third kappa shape index (κ3) is 4.82. The van der Waals surface area contributed by atoms with Crippen molar-refractivity contribution < 1.29 is 4.52 Å². The average Bonchev–Trinajstić information content (AvgIpc) is 3.10. The van der Waals surface area contributed by atoms with Gasteiger partial charge in [0, 0.05) is 24.5 Å². The second kappa shape index (κ2) is 7.72. The van der Waals surface area contributed by atoms with E-state index in [0.29, 0.717) is 30.8 Å². The molecule has 21 heavy (non-hydrogen) atoms. The highest BCUT2D eigenvalue weighted by atomic mass is 32.1. The van der Waals surface area contributed by atoms with E-state index in [-0.39, 0.29) is 0 Å². The Hall–Kier alpha value is -1.96. The van der Waals surface area contributed by atoms with Crippen LogP contribution in [0.1, 0.15) is 35.4 Å². The van der Waals surface area contributed by atoms with E-state index >= 15 is 0 Å². The third-order valence-electron chi connectivity index (χ3n) is 2.65. The van der Waals surface area contributed by atoms with Crippen molar-refractivity contribution >= 4 is 17.3 Å². The van der Waals surface area contributed by atoms with Gasteiger partial charge in [-0.3, -0.25) is 0 Å². The zero-order valence-electron chi connectivity index (χ0n) is 12.5. The van der Waals surface area contributed by atoms with Gasteiger partial charge < -0.3 is 15.2 Å². The molecule has 0 aliphatic carbocycles. The Kier molecular flexibility index (Phi) is 5.68. The van der Waals surface area contributed by atoms with E-state index in [1.54, 1.807) is 18.3 Å². The Morgan fingerprint density at radius 1 is 1.38 bits per heavy atom. The van der Waals surface area contributed by atoms with E-state index < -0.39 is 0 Å². The Morgan fingerprint density at radius 2 is 2.24 bits per heavy atom. The molecule has 0 saturated carbocycles. The summed E-state index contributed by atoms with van der Waals surface area (Å²) in [6.45, 7) is 7.73. The van der Waals surface area contributed by atoms with Gasteiger partial charge in [0.1, 0.15) is 11.6 Å². The molecule has 0 saturated heterocycles. The molecule has 2 aromatic heterocycles. The molecule has 0 unspecified atom stereocenters. The maximum absolute atomic E-state index is 4.92. The van der Waals surface area contributed by atoms with Gasteiger partial charge in [-0.2, -0.15) is 4.98 Å². The number of thiazole rings is 1. The topological polar surface area (TPSA) is 88.2 Å². The number of aromatic nitrogens is 3. The molecule has 0 aliphatic rings. The highest BCUT2D eigenvalue weighted by Gasteiger charge is 2.04. The highest BCUT2D eigenvalue weighted by Crippen LogP contribution is 2.12. The molecule has 2 aromatic rings. The number of aryl methyl sites for hydroxylation is 2. The van der Waals surface area contributed by atoms with E-state index in [4.69, 9.17) is 4.52 Å². The first kappa shape index (κ1) is 15.4. The van der Waals surface area contributed by atoms with Crippen LogP contribution < -0.4 is 10.6 Å². The number of rotatable bonds is 6. The summed E-state index contributed by atoms with van der Waals surface area (Å²) < 4.78 is 4.92. The van der Waals surface area contributed by atoms with Crippen LogP contribution in [0.2, 0.25) is 0 Å². The lowest BCUT2D eigenvalue weighted by Crippen LogP contribution is -2.36. The van der Waals surface area contributed by atoms with Crippen LogP contribution in [0.5, 0.6) is 0 Å². The zero-order valence-corrected chi connectivity index (χ0v) is 13.3. The normalized spacial score (nSPS) is 11.7. The molecule has 114 valence electrons. The number of nitrogens with zero attached hydrogens (tertiary/aromatic N) is 4.